The summed E-state index contributed by atoms with van der Waals surface area (Å²) in [5.41, 5.74) is 2.07. The van der Waals surface area contributed by atoms with Gasteiger partial charge in [0.1, 0.15) is 5.82 Å². The van der Waals surface area contributed by atoms with Crippen LogP contribution in [0.2, 0.25) is 5.02 Å². The van der Waals surface area contributed by atoms with E-state index in [4.69, 9.17) is 11.6 Å². The molecule has 4 rings (SSSR count). The lowest BCUT2D eigenvalue weighted by molar-refractivity contribution is -0.121. The highest BCUT2D eigenvalue weighted by molar-refractivity contribution is 6.31. The van der Waals surface area contributed by atoms with Crippen LogP contribution in [0.25, 0.3) is 0 Å². The maximum atomic E-state index is 13.9. The first-order valence-corrected chi connectivity index (χ1v) is 8.36. The number of fused-ring (bicyclic) bond motifs is 1. The molecule has 2 aliphatic heterocycles. The topological polar surface area (TPSA) is 65.3 Å². The zero-order chi connectivity index (χ0) is 18.6. The second kappa shape index (κ2) is 5.88. The van der Waals surface area contributed by atoms with Crippen LogP contribution < -0.4 is 9.91 Å². The van der Waals surface area contributed by atoms with E-state index in [9.17, 15) is 14.0 Å². The van der Waals surface area contributed by atoms with Gasteiger partial charge in [0.25, 0.3) is 11.8 Å². The van der Waals surface area contributed by atoms with Gasteiger partial charge >= 0.3 is 0 Å². The summed E-state index contributed by atoms with van der Waals surface area (Å²) >= 11 is 6.15. The summed E-state index contributed by atoms with van der Waals surface area (Å²) < 4.78 is 13.9. The number of halogens is 2. The van der Waals surface area contributed by atoms with E-state index < -0.39 is 29.7 Å². The van der Waals surface area contributed by atoms with Crippen molar-refractivity contribution in [2.75, 3.05) is 9.91 Å². The van der Waals surface area contributed by atoms with E-state index in [0.717, 1.165) is 10.5 Å². The van der Waals surface area contributed by atoms with E-state index in [2.05, 4.69) is 10.3 Å². The normalized spacial score (nSPS) is 21.7. The van der Waals surface area contributed by atoms with Gasteiger partial charge in [0.2, 0.25) is 0 Å². The number of carbonyl (C=O) groups excluding carboxylic acids is 2. The van der Waals surface area contributed by atoms with Gasteiger partial charge in [-0.2, -0.15) is 5.11 Å². The quantitative estimate of drug-likeness (QED) is 0.756. The Balaban J connectivity index is 1.71. The molecule has 0 spiro atoms. The Morgan fingerprint density at radius 3 is 2.38 bits per heavy atom. The number of aryl methyl sites for hydroxylation is 2. The number of hydrogen-bond acceptors (Lipinski definition) is 5. The fourth-order valence-corrected chi connectivity index (χ4v) is 3.25. The van der Waals surface area contributed by atoms with Crippen LogP contribution in [0.3, 0.4) is 0 Å². The molecule has 2 aromatic rings. The van der Waals surface area contributed by atoms with Crippen molar-refractivity contribution in [2.24, 2.45) is 10.3 Å². The van der Waals surface area contributed by atoms with Gasteiger partial charge in [-0.15, -0.1) is 0 Å². The largest absolute Gasteiger partial charge is 0.271 e. The number of benzene rings is 2. The van der Waals surface area contributed by atoms with Crippen LogP contribution in [-0.4, -0.2) is 23.9 Å². The minimum Gasteiger partial charge on any atom is -0.271 e. The molecule has 132 valence electrons. The molecule has 2 unspecified atom stereocenters. The lowest BCUT2D eigenvalue weighted by Gasteiger charge is -2.21. The SMILES string of the molecule is Cc1ccc(N2C(=O)C3N=NN(c4ccc(C)c(Cl)c4)C3C2=O)cc1F. The Morgan fingerprint density at radius 2 is 1.69 bits per heavy atom. The van der Waals surface area contributed by atoms with Gasteiger partial charge < -0.3 is 0 Å². The molecule has 1 saturated heterocycles. The van der Waals surface area contributed by atoms with E-state index in [1.165, 1.54) is 17.1 Å². The lowest BCUT2D eigenvalue weighted by atomic mass is 10.1. The van der Waals surface area contributed by atoms with E-state index in [1.54, 1.807) is 31.2 Å². The maximum Gasteiger partial charge on any atom is 0.263 e. The first-order valence-electron chi connectivity index (χ1n) is 7.98. The van der Waals surface area contributed by atoms with Crippen molar-refractivity contribution in [2.45, 2.75) is 25.9 Å². The number of carbonyl (C=O) groups is 2. The molecule has 0 aliphatic carbocycles. The number of nitrogens with zero attached hydrogens (tertiary/aromatic N) is 4. The molecule has 2 atom stereocenters. The molecule has 2 aliphatic rings. The summed E-state index contributed by atoms with van der Waals surface area (Å²) in [5, 5.41) is 9.85. The highest BCUT2D eigenvalue weighted by Gasteiger charge is 2.55. The minimum absolute atomic E-state index is 0.189. The van der Waals surface area contributed by atoms with E-state index in [-0.39, 0.29) is 5.69 Å². The Labute approximate surface area is 153 Å². The fourth-order valence-electron chi connectivity index (χ4n) is 3.07. The summed E-state index contributed by atoms with van der Waals surface area (Å²) in [6.07, 6.45) is 0. The van der Waals surface area contributed by atoms with Crippen LogP contribution in [0.15, 0.2) is 46.7 Å². The summed E-state index contributed by atoms with van der Waals surface area (Å²) in [6.45, 7) is 3.47. The third-order valence-corrected chi connectivity index (χ3v) is 5.02. The third kappa shape index (κ3) is 2.39. The molecule has 0 aromatic heterocycles. The number of rotatable bonds is 2. The van der Waals surface area contributed by atoms with Crippen molar-refractivity contribution in [3.63, 3.8) is 0 Å². The smallest absolute Gasteiger partial charge is 0.263 e. The number of imide groups is 1. The predicted molar refractivity (Wildman–Crippen MR) is 94.7 cm³/mol. The number of amides is 2. The van der Waals surface area contributed by atoms with Crippen molar-refractivity contribution in [1.29, 1.82) is 0 Å². The minimum atomic E-state index is -0.952. The molecule has 0 saturated carbocycles. The van der Waals surface area contributed by atoms with Gasteiger partial charge in [0.05, 0.1) is 11.4 Å². The molecular weight excluding hydrogens is 359 g/mol. The van der Waals surface area contributed by atoms with Crippen molar-refractivity contribution < 1.29 is 14.0 Å². The summed E-state index contributed by atoms with van der Waals surface area (Å²) in [4.78, 5) is 26.6. The first kappa shape index (κ1) is 16.7. The maximum absolute atomic E-state index is 13.9. The molecule has 2 amide bonds. The molecule has 0 bridgehead atoms. The van der Waals surface area contributed by atoms with Crippen molar-refractivity contribution in [3.8, 4) is 0 Å². The summed E-state index contributed by atoms with van der Waals surface area (Å²) in [5.74, 6) is -1.50. The molecule has 1 fully saturated rings. The molecule has 0 N–H and O–H groups in total. The van der Waals surface area contributed by atoms with Gasteiger partial charge in [0, 0.05) is 5.02 Å². The van der Waals surface area contributed by atoms with Gasteiger partial charge in [-0.3, -0.25) is 9.59 Å². The van der Waals surface area contributed by atoms with E-state index >= 15 is 0 Å². The average Bonchev–Trinajstić information content (AvgIpc) is 3.14. The molecule has 26 heavy (non-hydrogen) atoms. The highest BCUT2D eigenvalue weighted by atomic mass is 35.5. The molecule has 2 aromatic carbocycles. The molecular formula is C18H14ClFN4O2. The monoisotopic (exact) mass is 372 g/mol. The van der Waals surface area contributed by atoms with Gasteiger partial charge in [-0.05, 0) is 49.2 Å². The zero-order valence-corrected chi connectivity index (χ0v) is 14.7. The zero-order valence-electron chi connectivity index (χ0n) is 14.0. The fraction of sp³-hybridized carbons (Fsp3) is 0.222. The Kier molecular flexibility index (Phi) is 3.77. The van der Waals surface area contributed by atoms with Gasteiger partial charge in [0.15, 0.2) is 12.1 Å². The second-order valence-corrected chi connectivity index (χ2v) is 6.73. The summed E-state index contributed by atoms with van der Waals surface area (Å²) in [7, 11) is 0. The number of anilines is 2. The summed E-state index contributed by atoms with van der Waals surface area (Å²) in [6, 6.07) is 7.62. The van der Waals surface area contributed by atoms with Crippen LogP contribution >= 0.6 is 11.6 Å². The van der Waals surface area contributed by atoms with Crippen molar-refractivity contribution >= 4 is 34.8 Å². The lowest BCUT2D eigenvalue weighted by Crippen LogP contribution is -2.40. The van der Waals surface area contributed by atoms with Crippen LogP contribution in [0.5, 0.6) is 0 Å². The Bertz CT molecular complexity index is 978. The molecule has 0 radical (unpaired) electrons. The Morgan fingerprint density at radius 1 is 1.00 bits per heavy atom. The van der Waals surface area contributed by atoms with Crippen LogP contribution in [0.1, 0.15) is 11.1 Å². The van der Waals surface area contributed by atoms with Gasteiger partial charge in [-0.25, -0.2) is 14.3 Å². The third-order valence-electron chi connectivity index (χ3n) is 4.62. The van der Waals surface area contributed by atoms with Crippen LogP contribution in [0.4, 0.5) is 15.8 Å². The van der Waals surface area contributed by atoms with Crippen LogP contribution in [-0.2, 0) is 9.59 Å². The first-order chi connectivity index (χ1) is 12.4. The van der Waals surface area contributed by atoms with Crippen LogP contribution in [0, 0.1) is 19.7 Å². The van der Waals surface area contributed by atoms with Gasteiger partial charge in [-0.1, -0.05) is 29.0 Å². The molecule has 2 heterocycles. The van der Waals surface area contributed by atoms with E-state index in [1.807, 2.05) is 6.92 Å². The second-order valence-electron chi connectivity index (χ2n) is 6.32. The van der Waals surface area contributed by atoms with Crippen molar-refractivity contribution in [3.05, 3.63) is 58.4 Å². The highest BCUT2D eigenvalue weighted by Crippen LogP contribution is 2.36. The average molecular weight is 373 g/mol. The number of hydrogen-bond donors (Lipinski definition) is 0. The standard InChI is InChI=1S/C18H14ClFN4O2/c1-9-3-6-12(7-13(9)19)24-16-15(21-22-24)17(25)23(18(16)26)11-5-4-10(2)14(20)8-11/h3-8,15-16H,1-2H3. The van der Waals surface area contributed by atoms with E-state index in [0.29, 0.717) is 16.3 Å². The molecule has 8 heteroatoms. The Hall–Kier alpha value is -2.80. The predicted octanol–water partition coefficient (Wildman–Crippen LogP) is 3.59. The molecule has 6 nitrogen and oxygen atoms in total. The van der Waals surface area contributed by atoms with Crippen molar-refractivity contribution in [1.82, 2.24) is 0 Å².